The lowest BCUT2D eigenvalue weighted by Gasteiger charge is -2.36. The minimum atomic E-state index is -0.805. The molecule has 0 aromatic rings. The number of amides is 1. The molecule has 14 heavy (non-hydrogen) atoms. The summed E-state index contributed by atoms with van der Waals surface area (Å²) in [5.41, 5.74) is 0. The van der Waals surface area contributed by atoms with Crippen molar-refractivity contribution in [2.45, 2.75) is 38.0 Å². The lowest BCUT2D eigenvalue weighted by molar-refractivity contribution is -0.162. The van der Waals surface area contributed by atoms with Crippen LogP contribution in [-0.2, 0) is 14.3 Å². The third-order valence-electron chi connectivity index (χ3n) is 2.54. The molecule has 5 heteroatoms. The number of carbonyl (C=O) groups excluding carboxylic acids is 2. The zero-order valence-corrected chi connectivity index (χ0v) is 7.90. The molecule has 2 aliphatic rings. The highest BCUT2D eigenvalue weighted by Gasteiger charge is 2.48. The second kappa shape index (κ2) is 3.24. The van der Waals surface area contributed by atoms with Gasteiger partial charge in [0.25, 0.3) is 0 Å². The Morgan fingerprint density at radius 2 is 2.29 bits per heavy atom. The molecule has 0 spiro atoms. The number of esters is 1. The molecule has 1 amide bonds. The van der Waals surface area contributed by atoms with Crippen molar-refractivity contribution < 1.29 is 19.4 Å². The molecule has 0 bridgehead atoms. The SMILES string of the molecule is C[C@@H](O)[C@H]1C(=O)N[C@@H]1C(=O)OC1CC1. The molecule has 0 radical (unpaired) electrons. The van der Waals surface area contributed by atoms with Gasteiger partial charge in [-0.15, -0.1) is 0 Å². The third kappa shape index (κ3) is 1.59. The fraction of sp³-hybridized carbons (Fsp3) is 0.778. The van der Waals surface area contributed by atoms with Crippen LogP contribution in [0.1, 0.15) is 19.8 Å². The monoisotopic (exact) mass is 199 g/mol. The maximum atomic E-state index is 11.4. The Balaban J connectivity index is 1.90. The minimum Gasteiger partial charge on any atom is -0.461 e. The zero-order chi connectivity index (χ0) is 10.3. The molecule has 2 rings (SSSR count). The van der Waals surface area contributed by atoms with Gasteiger partial charge in [0.1, 0.15) is 12.1 Å². The summed E-state index contributed by atoms with van der Waals surface area (Å²) in [5.74, 6) is -1.34. The van der Waals surface area contributed by atoms with Crippen LogP contribution in [-0.4, -0.2) is 35.2 Å². The number of hydrogen-bond donors (Lipinski definition) is 2. The quantitative estimate of drug-likeness (QED) is 0.460. The van der Waals surface area contributed by atoms with Crippen molar-refractivity contribution in [1.82, 2.24) is 5.32 Å². The van der Waals surface area contributed by atoms with Gasteiger partial charge in [-0.05, 0) is 19.8 Å². The highest BCUT2D eigenvalue weighted by Crippen LogP contribution is 2.27. The molecule has 2 N–H and O–H groups in total. The maximum absolute atomic E-state index is 11.4. The van der Waals surface area contributed by atoms with E-state index < -0.39 is 24.0 Å². The van der Waals surface area contributed by atoms with Crippen molar-refractivity contribution in [3.8, 4) is 0 Å². The van der Waals surface area contributed by atoms with Crippen molar-refractivity contribution in [1.29, 1.82) is 0 Å². The molecule has 2 fully saturated rings. The highest BCUT2D eigenvalue weighted by atomic mass is 16.6. The maximum Gasteiger partial charge on any atom is 0.329 e. The van der Waals surface area contributed by atoms with Gasteiger partial charge in [-0.3, -0.25) is 4.79 Å². The summed E-state index contributed by atoms with van der Waals surface area (Å²) in [4.78, 5) is 22.4. The summed E-state index contributed by atoms with van der Waals surface area (Å²) in [7, 11) is 0. The van der Waals surface area contributed by atoms with Gasteiger partial charge in [-0.2, -0.15) is 0 Å². The molecule has 0 aromatic carbocycles. The predicted molar refractivity (Wildman–Crippen MR) is 46.2 cm³/mol. The van der Waals surface area contributed by atoms with Crippen LogP contribution in [0.2, 0.25) is 0 Å². The molecule has 1 saturated carbocycles. The number of hydrogen-bond acceptors (Lipinski definition) is 4. The van der Waals surface area contributed by atoms with E-state index in [2.05, 4.69) is 5.32 Å². The summed E-state index contributed by atoms with van der Waals surface area (Å²) in [6.45, 7) is 1.50. The van der Waals surface area contributed by atoms with Crippen molar-refractivity contribution in [3.05, 3.63) is 0 Å². The lowest BCUT2D eigenvalue weighted by Crippen LogP contribution is -2.65. The first-order valence-electron chi connectivity index (χ1n) is 4.78. The van der Waals surface area contributed by atoms with Crippen molar-refractivity contribution in [2.24, 2.45) is 5.92 Å². The number of ether oxygens (including phenoxy) is 1. The normalized spacial score (nSPS) is 32.9. The number of carbonyl (C=O) groups is 2. The predicted octanol–water partition coefficient (Wildman–Crippen LogP) is -0.813. The van der Waals surface area contributed by atoms with Gasteiger partial charge >= 0.3 is 5.97 Å². The molecule has 0 aromatic heterocycles. The van der Waals surface area contributed by atoms with Crippen molar-refractivity contribution in [3.63, 3.8) is 0 Å². The van der Waals surface area contributed by atoms with Gasteiger partial charge in [0.15, 0.2) is 0 Å². The summed E-state index contributed by atoms with van der Waals surface area (Å²) in [6.07, 6.45) is 1.05. The van der Waals surface area contributed by atoms with E-state index in [4.69, 9.17) is 4.74 Å². The zero-order valence-electron chi connectivity index (χ0n) is 7.90. The first-order valence-corrected chi connectivity index (χ1v) is 4.78. The molecule has 3 atom stereocenters. The van der Waals surface area contributed by atoms with Crippen LogP contribution >= 0.6 is 0 Å². The van der Waals surface area contributed by atoms with E-state index in [0.717, 1.165) is 12.8 Å². The van der Waals surface area contributed by atoms with Crippen LogP contribution in [0.5, 0.6) is 0 Å². The van der Waals surface area contributed by atoms with Crippen LogP contribution in [0.15, 0.2) is 0 Å². The summed E-state index contributed by atoms with van der Waals surface area (Å²) >= 11 is 0. The number of rotatable bonds is 3. The first-order chi connectivity index (χ1) is 6.59. The Hall–Kier alpha value is -1.10. The highest BCUT2D eigenvalue weighted by molar-refractivity contribution is 5.97. The largest absolute Gasteiger partial charge is 0.461 e. The Morgan fingerprint density at radius 3 is 2.71 bits per heavy atom. The number of aliphatic hydroxyl groups is 1. The smallest absolute Gasteiger partial charge is 0.329 e. The van der Waals surface area contributed by atoms with Crippen LogP contribution in [0.4, 0.5) is 0 Å². The van der Waals surface area contributed by atoms with E-state index >= 15 is 0 Å². The van der Waals surface area contributed by atoms with E-state index in [0.29, 0.717) is 0 Å². The Kier molecular flexibility index (Phi) is 2.19. The fourth-order valence-electron chi connectivity index (χ4n) is 1.52. The van der Waals surface area contributed by atoms with Gasteiger partial charge in [-0.25, -0.2) is 4.79 Å². The van der Waals surface area contributed by atoms with Crippen LogP contribution in [0.3, 0.4) is 0 Å². The van der Waals surface area contributed by atoms with Gasteiger partial charge in [0.2, 0.25) is 5.91 Å². The molecule has 1 heterocycles. The number of nitrogens with one attached hydrogen (secondary N) is 1. The average molecular weight is 199 g/mol. The molecule has 0 unspecified atom stereocenters. The van der Waals surface area contributed by atoms with Crippen molar-refractivity contribution >= 4 is 11.9 Å². The summed E-state index contributed by atoms with van der Waals surface area (Å²) in [5, 5.41) is 11.7. The summed E-state index contributed by atoms with van der Waals surface area (Å²) in [6, 6.07) is -0.650. The van der Waals surface area contributed by atoms with E-state index in [1.807, 2.05) is 0 Å². The van der Waals surface area contributed by atoms with Gasteiger partial charge < -0.3 is 15.2 Å². The second-order valence-corrected chi connectivity index (χ2v) is 3.89. The minimum absolute atomic E-state index is 0.0367. The number of β-lactam (4-membered cyclic amide) rings is 1. The second-order valence-electron chi connectivity index (χ2n) is 3.89. The van der Waals surface area contributed by atoms with Crippen molar-refractivity contribution in [2.75, 3.05) is 0 Å². The Labute approximate surface area is 81.4 Å². The topological polar surface area (TPSA) is 75.6 Å². The van der Waals surface area contributed by atoms with Crippen LogP contribution in [0, 0.1) is 5.92 Å². The van der Waals surface area contributed by atoms with E-state index in [-0.39, 0.29) is 12.0 Å². The molecular weight excluding hydrogens is 186 g/mol. The fourth-order valence-corrected chi connectivity index (χ4v) is 1.52. The van der Waals surface area contributed by atoms with Crippen LogP contribution < -0.4 is 5.32 Å². The average Bonchev–Trinajstić information content (AvgIpc) is 2.82. The summed E-state index contributed by atoms with van der Waals surface area (Å²) < 4.78 is 5.03. The molecular formula is C9H13NO4. The van der Waals surface area contributed by atoms with Gasteiger partial charge in [0.05, 0.1) is 12.0 Å². The standard InChI is InChI=1S/C9H13NO4/c1-4(11)6-7(10-8(6)12)9(13)14-5-2-3-5/h4-7,11H,2-3H2,1H3,(H,10,12)/t4-,6-,7+/m1/s1. The third-order valence-corrected chi connectivity index (χ3v) is 2.54. The Morgan fingerprint density at radius 1 is 1.64 bits per heavy atom. The lowest BCUT2D eigenvalue weighted by atomic mass is 9.86. The number of aliphatic hydroxyl groups excluding tert-OH is 1. The van der Waals surface area contributed by atoms with Crippen LogP contribution in [0.25, 0.3) is 0 Å². The van der Waals surface area contributed by atoms with E-state index in [1.54, 1.807) is 0 Å². The Bertz CT molecular complexity index is 272. The van der Waals surface area contributed by atoms with E-state index in [1.165, 1.54) is 6.92 Å². The molecule has 1 aliphatic heterocycles. The molecule has 5 nitrogen and oxygen atoms in total. The van der Waals surface area contributed by atoms with Gasteiger partial charge in [0, 0.05) is 0 Å². The molecule has 1 aliphatic carbocycles. The van der Waals surface area contributed by atoms with Gasteiger partial charge in [-0.1, -0.05) is 0 Å². The molecule has 78 valence electrons. The van der Waals surface area contributed by atoms with E-state index in [9.17, 15) is 14.7 Å². The molecule has 1 saturated heterocycles. The first kappa shape index (κ1) is 9.45.